The van der Waals surface area contributed by atoms with Gasteiger partial charge in [0.2, 0.25) is 0 Å². The van der Waals surface area contributed by atoms with Crippen LogP contribution in [0.15, 0.2) is 21.8 Å². The van der Waals surface area contributed by atoms with Crippen molar-refractivity contribution in [3.63, 3.8) is 0 Å². The first kappa shape index (κ1) is 27.4. The lowest BCUT2D eigenvalue weighted by Gasteiger charge is -2.40. The fraction of sp³-hybridized carbons (Fsp3) is 0.571. The molecule has 1 unspecified atom stereocenters. The maximum Gasteiger partial charge on any atom is 0.254 e. The number of H-pyrrole nitrogens is 1. The minimum absolute atomic E-state index is 0.102. The van der Waals surface area contributed by atoms with E-state index in [1.54, 1.807) is 6.07 Å². The van der Waals surface area contributed by atoms with Crippen LogP contribution in [-0.4, -0.2) is 46.2 Å². The Hall–Kier alpha value is -2.20. The number of hydrogen-bond donors (Lipinski definition) is 4. The van der Waals surface area contributed by atoms with Crippen LogP contribution in [0.5, 0.6) is 11.5 Å². The van der Waals surface area contributed by atoms with E-state index in [0.29, 0.717) is 45.3 Å². The number of thioether (sulfide) groups is 1. The lowest BCUT2D eigenvalue weighted by atomic mass is 9.80. The smallest absolute Gasteiger partial charge is 0.254 e. The number of aromatic amines is 1. The number of aliphatic hydroxyl groups is 1. The molecule has 1 atom stereocenters. The molecular formula is C28H36ClN3O5S. The van der Waals surface area contributed by atoms with Gasteiger partial charge in [-0.1, -0.05) is 11.6 Å². The van der Waals surface area contributed by atoms with E-state index in [0.717, 1.165) is 49.1 Å². The summed E-state index contributed by atoms with van der Waals surface area (Å²) >= 11 is 8.08. The van der Waals surface area contributed by atoms with Crippen molar-refractivity contribution >= 4 is 29.3 Å². The lowest BCUT2D eigenvalue weighted by Crippen LogP contribution is -2.51. The summed E-state index contributed by atoms with van der Waals surface area (Å²) in [7, 11) is 0. The van der Waals surface area contributed by atoms with Crippen LogP contribution in [0, 0.1) is 19.8 Å². The van der Waals surface area contributed by atoms with Crippen LogP contribution in [0.25, 0.3) is 0 Å². The first-order valence-corrected chi connectivity index (χ1v) is 14.9. The van der Waals surface area contributed by atoms with Gasteiger partial charge < -0.3 is 30.2 Å². The molecule has 2 saturated carbocycles. The van der Waals surface area contributed by atoms with Crippen LogP contribution in [-0.2, 0) is 6.54 Å². The Bertz CT molecular complexity index is 1290. The third kappa shape index (κ3) is 5.30. The number of hydrogen-bond acceptors (Lipinski definition) is 7. The summed E-state index contributed by atoms with van der Waals surface area (Å²) in [6.45, 7) is 5.72. The average molecular weight is 562 g/mol. The van der Waals surface area contributed by atoms with E-state index in [1.807, 2.05) is 33.1 Å². The molecule has 10 heteroatoms. The zero-order chi connectivity index (χ0) is 27.2. The number of amides is 1. The third-order valence-electron chi connectivity index (χ3n) is 8.22. The van der Waals surface area contributed by atoms with Gasteiger partial charge in [-0.25, -0.2) is 0 Å². The van der Waals surface area contributed by atoms with Crippen molar-refractivity contribution in [2.45, 2.75) is 94.7 Å². The van der Waals surface area contributed by atoms with Gasteiger partial charge in [-0.05, 0) is 70.8 Å². The van der Waals surface area contributed by atoms with Gasteiger partial charge in [-0.2, -0.15) is 0 Å². The highest BCUT2D eigenvalue weighted by molar-refractivity contribution is 7.98. The first-order valence-electron chi connectivity index (χ1n) is 13.3. The predicted octanol–water partition coefficient (Wildman–Crippen LogP) is 4.46. The molecular weight excluding hydrogens is 526 g/mol. The topological polar surface area (TPSA) is 113 Å². The van der Waals surface area contributed by atoms with E-state index in [4.69, 9.17) is 21.1 Å². The van der Waals surface area contributed by atoms with Gasteiger partial charge in [0, 0.05) is 58.7 Å². The van der Waals surface area contributed by atoms with E-state index in [2.05, 4.69) is 15.6 Å². The summed E-state index contributed by atoms with van der Waals surface area (Å²) in [5, 5.41) is 16.4. The normalized spacial score (nSPS) is 28.2. The third-order valence-corrected chi connectivity index (χ3v) is 9.31. The molecule has 2 aromatic rings. The van der Waals surface area contributed by atoms with Crippen LogP contribution in [0.4, 0.5) is 0 Å². The Labute approximate surface area is 232 Å². The molecule has 3 aliphatic rings. The highest BCUT2D eigenvalue weighted by atomic mass is 35.5. The Balaban J connectivity index is 1.26. The first-order chi connectivity index (χ1) is 18.1. The number of carbonyl (C=O) groups is 1. The van der Waals surface area contributed by atoms with Crippen molar-refractivity contribution in [3.05, 3.63) is 49.9 Å². The summed E-state index contributed by atoms with van der Waals surface area (Å²) in [6.07, 6.45) is 7.37. The molecule has 0 bridgehead atoms. The summed E-state index contributed by atoms with van der Waals surface area (Å²) in [6, 6.07) is 4.39. The number of halogens is 1. The lowest BCUT2D eigenvalue weighted by molar-refractivity contribution is -0.121. The van der Waals surface area contributed by atoms with E-state index in [9.17, 15) is 14.7 Å². The number of nitrogens with one attached hydrogen (secondary N) is 3. The largest absolute Gasteiger partial charge is 0.448 e. The van der Waals surface area contributed by atoms with Gasteiger partial charge in [0.15, 0.2) is 11.5 Å². The molecule has 8 nitrogen and oxygen atoms in total. The van der Waals surface area contributed by atoms with E-state index >= 15 is 0 Å². The van der Waals surface area contributed by atoms with Gasteiger partial charge in [-0.15, -0.1) is 11.8 Å². The highest BCUT2D eigenvalue weighted by Gasteiger charge is 2.47. The zero-order valence-electron chi connectivity index (χ0n) is 22.3. The van der Waals surface area contributed by atoms with Crippen LogP contribution in [0.2, 0.25) is 5.02 Å². The average Bonchev–Trinajstić information content (AvgIpc) is 3.24. The molecule has 206 valence electrons. The molecule has 38 heavy (non-hydrogen) atoms. The second kappa shape index (κ2) is 10.8. The van der Waals surface area contributed by atoms with Crippen LogP contribution < -0.4 is 25.7 Å². The Kier molecular flexibility index (Phi) is 7.75. The zero-order valence-corrected chi connectivity index (χ0v) is 23.9. The SMILES string of the molecule is CSc1cc(C)[nH]c(=O)c1CNC(=O)c1cc(Cl)c2c(c1C)OC(C)(C1CCC(NC3CC(O)C3)CC1)O2. The van der Waals surface area contributed by atoms with Crippen LogP contribution in [0.3, 0.4) is 0 Å². The molecule has 1 amide bonds. The number of benzene rings is 1. The number of aliphatic hydroxyl groups excluding tert-OH is 1. The molecule has 0 spiro atoms. The van der Waals surface area contributed by atoms with E-state index in [-0.39, 0.29) is 30.0 Å². The Morgan fingerprint density at radius 3 is 2.50 bits per heavy atom. The van der Waals surface area contributed by atoms with Crippen molar-refractivity contribution in [1.29, 1.82) is 0 Å². The molecule has 0 radical (unpaired) electrons. The van der Waals surface area contributed by atoms with Gasteiger partial charge in [0.05, 0.1) is 11.1 Å². The number of pyridine rings is 1. The van der Waals surface area contributed by atoms with Gasteiger partial charge in [0.25, 0.3) is 17.3 Å². The van der Waals surface area contributed by atoms with Gasteiger partial charge in [0.1, 0.15) is 0 Å². The van der Waals surface area contributed by atoms with E-state index < -0.39 is 5.79 Å². The van der Waals surface area contributed by atoms with E-state index in [1.165, 1.54) is 11.8 Å². The molecule has 1 aromatic heterocycles. The molecule has 5 rings (SSSR count). The molecule has 4 N–H and O–H groups in total. The Morgan fingerprint density at radius 2 is 1.84 bits per heavy atom. The molecule has 2 aliphatic carbocycles. The number of ether oxygens (including phenoxy) is 2. The van der Waals surface area contributed by atoms with Crippen molar-refractivity contribution in [1.82, 2.24) is 15.6 Å². The summed E-state index contributed by atoms with van der Waals surface area (Å²) in [5.41, 5.74) is 2.14. The standard InChI is InChI=1S/C28H36ClN3O5S/c1-14-9-23(38-4)21(27(35)31-14)13-30-26(34)20-12-22(29)25-24(15(20)2)36-28(3,37-25)16-5-7-17(8-6-16)32-18-10-19(33)11-18/h9,12,16-19,32-33H,5-8,10-11,13H2,1-4H3,(H,30,34)(H,31,35). The number of aryl methyl sites for hydroxylation is 1. The maximum absolute atomic E-state index is 13.2. The molecule has 2 heterocycles. The van der Waals surface area contributed by atoms with Crippen molar-refractivity contribution in [2.75, 3.05) is 6.26 Å². The minimum Gasteiger partial charge on any atom is -0.448 e. The van der Waals surface area contributed by atoms with Crippen LogP contribution in [0.1, 0.15) is 72.6 Å². The van der Waals surface area contributed by atoms with Gasteiger partial charge in [-0.3, -0.25) is 9.59 Å². The monoisotopic (exact) mass is 561 g/mol. The fourth-order valence-electron chi connectivity index (χ4n) is 5.89. The van der Waals surface area contributed by atoms with Crippen molar-refractivity contribution in [3.8, 4) is 11.5 Å². The molecule has 0 saturated heterocycles. The summed E-state index contributed by atoms with van der Waals surface area (Å²) in [4.78, 5) is 29.3. The second-order valence-electron chi connectivity index (χ2n) is 11.0. The number of rotatable bonds is 7. The minimum atomic E-state index is -0.855. The second-order valence-corrected chi connectivity index (χ2v) is 12.2. The van der Waals surface area contributed by atoms with Crippen LogP contribution >= 0.6 is 23.4 Å². The van der Waals surface area contributed by atoms with Crippen molar-refractivity contribution < 1.29 is 19.4 Å². The number of fused-ring (bicyclic) bond motifs is 1. The fourth-order valence-corrected chi connectivity index (χ4v) is 6.83. The predicted molar refractivity (Wildman–Crippen MR) is 149 cm³/mol. The molecule has 1 aliphatic heterocycles. The summed E-state index contributed by atoms with van der Waals surface area (Å²) in [5.74, 6) is -0.0141. The van der Waals surface area contributed by atoms with Gasteiger partial charge >= 0.3 is 0 Å². The maximum atomic E-state index is 13.2. The number of carbonyl (C=O) groups excluding carboxylic acids is 1. The number of aromatic nitrogens is 1. The molecule has 2 fully saturated rings. The Morgan fingerprint density at radius 1 is 1.16 bits per heavy atom. The molecule has 1 aromatic carbocycles. The van der Waals surface area contributed by atoms with Crippen molar-refractivity contribution in [2.24, 2.45) is 5.92 Å². The highest BCUT2D eigenvalue weighted by Crippen LogP contribution is 2.51. The summed E-state index contributed by atoms with van der Waals surface area (Å²) < 4.78 is 12.8. The quantitative estimate of drug-likeness (QED) is 0.369.